The van der Waals surface area contributed by atoms with Crippen LogP contribution in [-0.2, 0) is 14.8 Å². The molecule has 6 nitrogen and oxygen atoms in total. The van der Waals surface area contributed by atoms with Gasteiger partial charge >= 0.3 is 5.97 Å². The molecular weight excluding hydrogens is 304 g/mol. The minimum absolute atomic E-state index is 0.169. The maximum Gasteiger partial charge on any atom is 0.328 e. The summed E-state index contributed by atoms with van der Waals surface area (Å²) in [7, 11) is 0.0607. The van der Waals surface area contributed by atoms with Crippen molar-refractivity contribution in [3.8, 4) is 0 Å². The van der Waals surface area contributed by atoms with E-state index >= 15 is 0 Å². The molecule has 2 aromatic rings. The van der Waals surface area contributed by atoms with Gasteiger partial charge < -0.3 is 10.0 Å². The Kier molecular flexibility index (Phi) is 4.37. The Hall–Kier alpha value is -2.54. The van der Waals surface area contributed by atoms with E-state index in [0.717, 1.165) is 15.7 Å². The number of benzene rings is 1. The average Bonchev–Trinajstić information content (AvgIpc) is 2.95. The zero-order valence-corrected chi connectivity index (χ0v) is 13.0. The maximum absolute atomic E-state index is 12.5. The van der Waals surface area contributed by atoms with Crippen LogP contribution in [-0.4, -0.2) is 37.6 Å². The summed E-state index contributed by atoms with van der Waals surface area (Å²) < 4.78 is 26.0. The van der Waals surface area contributed by atoms with Crippen molar-refractivity contribution in [1.82, 2.24) is 3.97 Å². The second-order valence-corrected chi connectivity index (χ2v) is 6.68. The van der Waals surface area contributed by atoms with Crippen LogP contribution in [0.3, 0.4) is 0 Å². The number of carbonyl (C=O) groups is 1. The van der Waals surface area contributed by atoms with Crippen molar-refractivity contribution in [2.75, 3.05) is 19.0 Å². The van der Waals surface area contributed by atoms with Crippen LogP contribution in [0.2, 0.25) is 0 Å². The van der Waals surface area contributed by atoms with E-state index in [1.807, 2.05) is 19.0 Å². The van der Waals surface area contributed by atoms with Gasteiger partial charge in [-0.05, 0) is 42.0 Å². The smallest absolute Gasteiger partial charge is 0.328 e. The average molecular weight is 320 g/mol. The van der Waals surface area contributed by atoms with Crippen LogP contribution in [0.4, 0.5) is 5.69 Å². The first kappa shape index (κ1) is 15.8. The summed E-state index contributed by atoms with van der Waals surface area (Å²) in [5.74, 6) is -1.09. The van der Waals surface area contributed by atoms with E-state index < -0.39 is 16.0 Å². The van der Waals surface area contributed by atoms with Crippen molar-refractivity contribution in [3.05, 3.63) is 54.4 Å². The highest BCUT2D eigenvalue weighted by Gasteiger charge is 2.16. The number of nitrogens with zero attached hydrogens (tertiary/aromatic N) is 2. The third-order valence-electron chi connectivity index (χ3n) is 3.04. The minimum atomic E-state index is -3.68. The van der Waals surface area contributed by atoms with Crippen molar-refractivity contribution in [2.45, 2.75) is 4.90 Å². The number of rotatable bonds is 5. The molecule has 22 heavy (non-hydrogen) atoms. The van der Waals surface area contributed by atoms with Crippen LogP contribution in [0.1, 0.15) is 5.56 Å². The largest absolute Gasteiger partial charge is 0.478 e. The Morgan fingerprint density at radius 3 is 2.36 bits per heavy atom. The molecule has 0 fully saturated rings. The van der Waals surface area contributed by atoms with Crippen LogP contribution in [0.5, 0.6) is 0 Å². The second-order valence-electron chi connectivity index (χ2n) is 4.84. The first-order valence-electron chi connectivity index (χ1n) is 6.42. The van der Waals surface area contributed by atoms with Gasteiger partial charge in [-0.1, -0.05) is 0 Å². The van der Waals surface area contributed by atoms with Crippen molar-refractivity contribution >= 4 is 27.8 Å². The van der Waals surface area contributed by atoms with Gasteiger partial charge in [-0.2, -0.15) is 0 Å². The molecular formula is C15H16N2O4S. The van der Waals surface area contributed by atoms with Crippen LogP contribution < -0.4 is 4.90 Å². The molecule has 2 rings (SSSR count). The Morgan fingerprint density at radius 2 is 1.82 bits per heavy atom. The van der Waals surface area contributed by atoms with E-state index in [1.165, 1.54) is 36.7 Å². The van der Waals surface area contributed by atoms with Gasteiger partial charge in [0.25, 0.3) is 10.0 Å². The predicted molar refractivity (Wildman–Crippen MR) is 84.5 cm³/mol. The highest BCUT2D eigenvalue weighted by atomic mass is 32.2. The van der Waals surface area contributed by atoms with E-state index in [4.69, 9.17) is 5.11 Å². The van der Waals surface area contributed by atoms with Crippen molar-refractivity contribution in [1.29, 1.82) is 0 Å². The standard InChI is InChI=1S/C15H16N2O4S/c1-16(2)13-4-6-14(7-5-13)22(20,21)17-10-9-12(11-17)3-8-15(18)19/h3-11H,1-2H3,(H,18,19)/b8-3+. The molecule has 7 heteroatoms. The second kappa shape index (κ2) is 6.07. The number of aromatic nitrogens is 1. The van der Waals surface area contributed by atoms with Crippen molar-refractivity contribution in [3.63, 3.8) is 0 Å². The van der Waals surface area contributed by atoms with Gasteiger partial charge in [0.15, 0.2) is 0 Å². The lowest BCUT2D eigenvalue weighted by Gasteiger charge is -2.13. The summed E-state index contributed by atoms with van der Waals surface area (Å²) in [5, 5.41) is 8.57. The first-order valence-corrected chi connectivity index (χ1v) is 7.86. The number of aliphatic carboxylic acids is 1. The fraction of sp³-hybridized carbons (Fsp3) is 0.133. The van der Waals surface area contributed by atoms with Crippen LogP contribution in [0.25, 0.3) is 6.08 Å². The molecule has 1 aromatic carbocycles. The van der Waals surface area contributed by atoms with Gasteiger partial charge in [-0.3, -0.25) is 0 Å². The number of carboxylic acids is 1. The fourth-order valence-corrected chi connectivity index (χ4v) is 3.05. The monoisotopic (exact) mass is 320 g/mol. The van der Waals surface area contributed by atoms with Gasteiger partial charge in [-0.25, -0.2) is 17.2 Å². The van der Waals surface area contributed by atoms with E-state index in [9.17, 15) is 13.2 Å². The quantitative estimate of drug-likeness (QED) is 0.851. The lowest BCUT2D eigenvalue weighted by Crippen LogP contribution is -2.12. The lowest BCUT2D eigenvalue weighted by molar-refractivity contribution is -0.131. The Balaban J connectivity index is 2.32. The first-order chi connectivity index (χ1) is 10.3. The van der Waals surface area contributed by atoms with Gasteiger partial charge in [0, 0.05) is 38.3 Å². The molecule has 0 spiro atoms. The number of hydrogen-bond donors (Lipinski definition) is 1. The van der Waals surface area contributed by atoms with E-state index in [2.05, 4.69) is 0 Å². The molecule has 0 unspecified atom stereocenters. The molecule has 0 saturated carbocycles. The highest BCUT2D eigenvalue weighted by Crippen LogP contribution is 2.19. The van der Waals surface area contributed by atoms with E-state index in [-0.39, 0.29) is 4.90 Å². The van der Waals surface area contributed by atoms with E-state index in [1.54, 1.807) is 12.1 Å². The summed E-state index contributed by atoms with van der Waals surface area (Å²) in [6, 6.07) is 8.06. The number of carboxylic acid groups (broad SMARTS) is 1. The minimum Gasteiger partial charge on any atom is -0.478 e. The molecule has 0 aliphatic carbocycles. The summed E-state index contributed by atoms with van der Waals surface area (Å²) >= 11 is 0. The molecule has 0 amide bonds. The summed E-state index contributed by atoms with van der Waals surface area (Å²) in [6.45, 7) is 0. The summed E-state index contributed by atoms with van der Waals surface area (Å²) in [6.07, 6.45) is 5.05. The Labute approximate surface area is 129 Å². The van der Waals surface area contributed by atoms with E-state index in [0.29, 0.717) is 5.56 Å². The fourth-order valence-electron chi connectivity index (χ4n) is 1.85. The molecule has 1 heterocycles. The normalized spacial score (nSPS) is 11.7. The Morgan fingerprint density at radius 1 is 1.18 bits per heavy atom. The summed E-state index contributed by atoms with van der Waals surface area (Å²) in [4.78, 5) is 12.5. The molecule has 1 N–H and O–H groups in total. The van der Waals surface area contributed by atoms with Crippen LogP contribution in [0, 0.1) is 0 Å². The Bertz CT molecular complexity index is 802. The predicted octanol–water partition coefficient (Wildman–Crippen LogP) is 1.89. The molecule has 0 atom stereocenters. The highest BCUT2D eigenvalue weighted by molar-refractivity contribution is 7.90. The van der Waals surface area contributed by atoms with Gasteiger partial charge in [0.1, 0.15) is 0 Å². The van der Waals surface area contributed by atoms with Crippen LogP contribution >= 0.6 is 0 Å². The molecule has 0 aliphatic rings. The molecule has 0 saturated heterocycles. The molecule has 1 aromatic heterocycles. The van der Waals surface area contributed by atoms with Gasteiger partial charge in [0.05, 0.1) is 4.90 Å². The number of hydrogen-bond acceptors (Lipinski definition) is 4. The van der Waals surface area contributed by atoms with Gasteiger partial charge in [0.2, 0.25) is 0 Å². The zero-order valence-electron chi connectivity index (χ0n) is 12.2. The van der Waals surface area contributed by atoms with Crippen molar-refractivity contribution in [2.24, 2.45) is 0 Å². The molecule has 0 aliphatic heterocycles. The molecule has 116 valence electrons. The zero-order chi connectivity index (χ0) is 16.3. The third kappa shape index (κ3) is 3.37. The number of anilines is 1. The molecule has 0 radical (unpaired) electrons. The molecule has 0 bridgehead atoms. The van der Waals surface area contributed by atoms with Crippen LogP contribution in [0.15, 0.2) is 53.7 Å². The topological polar surface area (TPSA) is 79.6 Å². The lowest BCUT2D eigenvalue weighted by atomic mass is 10.3. The third-order valence-corrected chi connectivity index (χ3v) is 4.69. The SMILES string of the molecule is CN(C)c1ccc(S(=O)(=O)n2ccc(/C=C/C(=O)O)c2)cc1. The maximum atomic E-state index is 12.5. The van der Waals surface area contributed by atoms with Crippen molar-refractivity contribution < 1.29 is 18.3 Å². The van der Waals surface area contributed by atoms with Gasteiger partial charge in [-0.15, -0.1) is 0 Å². The summed E-state index contributed by atoms with van der Waals surface area (Å²) in [5.41, 5.74) is 1.40.